The van der Waals surface area contributed by atoms with Crippen molar-refractivity contribution in [2.45, 2.75) is 51.5 Å². The molecule has 2 N–H and O–H groups in total. The standard InChI is InChI=1S/C18H23N3OS/c1-2-3-4-5-17(22)19-14-8-6-13(7-9-14)16-12-23-18(21-16)20-15-10-11-15/h6-9,12,15H,2-5,10-11H2,1H3,(H,19,22)(H,20,21). The van der Waals surface area contributed by atoms with E-state index in [0.29, 0.717) is 12.5 Å². The fourth-order valence-electron chi connectivity index (χ4n) is 2.36. The predicted molar refractivity (Wildman–Crippen MR) is 97.0 cm³/mol. The zero-order chi connectivity index (χ0) is 16.1. The van der Waals surface area contributed by atoms with Crippen LogP contribution in [0.5, 0.6) is 0 Å². The lowest BCUT2D eigenvalue weighted by molar-refractivity contribution is -0.116. The quantitative estimate of drug-likeness (QED) is 0.677. The molecule has 1 aliphatic rings. The highest BCUT2D eigenvalue weighted by Crippen LogP contribution is 2.30. The third-order valence-electron chi connectivity index (χ3n) is 3.88. The number of carbonyl (C=O) groups is 1. The fourth-order valence-corrected chi connectivity index (χ4v) is 3.16. The highest BCUT2D eigenvalue weighted by molar-refractivity contribution is 7.14. The van der Waals surface area contributed by atoms with Crippen LogP contribution in [0.4, 0.5) is 10.8 Å². The van der Waals surface area contributed by atoms with Gasteiger partial charge in [-0.3, -0.25) is 4.79 Å². The normalized spacial score (nSPS) is 13.8. The summed E-state index contributed by atoms with van der Waals surface area (Å²) in [4.78, 5) is 16.4. The smallest absolute Gasteiger partial charge is 0.224 e. The van der Waals surface area contributed by atoms with Crippen LogP contribution in [-0.4, -0.2) is 16.9 Å². The van der Waals surface area contributed by atoms with Crippen LogP contribution < -0.4 is 10.6 Å². The molecule has 1 aromatic heterocycles. The summed E-state index contributed by atoms with van der Waals surface area (Å²) in [6, 6.07) is 8.54. The summed E-state index contributed by atoms with van der Waals surface area (Å²) < 4.78 is 0. The van der Waals surface area contributed by atoms with Crippen LogP contribution in [-0.2, 0) is 4.79 Å². The van der Waals surface area contributed by atoms with Gasteiger partial charge in [-0.25, -0.2) is 4.98 Å². The maximum absolute atomic E-state index is 11.8. The van der Waals surface area contributed by atoms with Gasteiger partial charge in [-0.05, 0) is 31.4 Å². The summed E-state index contributed by atoms with van der Waals surface area (Å²) in [5, 5.41) is 9.44. The van der Waals surface area contributed by atoms with Gasteiger partial charge in [-0.1, -0.05) is 31.9 Å². The molecular weight excluding hydrogens is 306 g/mol. The second kappa shape index (κ2) is 7.59. The van der Waals surface area contributed by atoms with Crippen LogP contribution in [0.3, 0.4) is 0 Å². The molecule has 0 unspecified atom stereocenters. The van der Waals surface area contributed by atoms with Gasteiger partial charge >= 0.3 is 0 Å². The van der Waals surface area contributed by atoms with Gasteiger partial charge in [-0.2, -0.15) is 0 Å². The molecule has 122 valence electrons. The summed E-state index contributed by atoms with van der Waals surface area (Å²) in [5.41, 5.74) is 2.91. The second-order valence-electron chi connectivity index (χ2n) is 6.04. The van der Waals surface area contributed by atoms with E-state index in [9.17, 15) is 4.79 Å². The van der Waals surface area contributed by atoms with E-state index in [1.165, 1.54) is 12.8 Å². The first-order valence-corrected chi connectivity index (χ1v) is 9.25. The summed E-state index contributed by atoms with van der Waals surface area (Å²) >= 11 is 1.65. The van der Waals surface area contributed by atoms with Crippen LogP contribution in [0.25, 0.3) is 11.3 Å². The lowest BCUT2D eigenvalue weighted by Gasteiger charge is -2.05. The van der Waals surface area contributed by atoms with E-state index in [1.807, 2.05) is 24.3 Å². The van der Waals surface area contributed by atoms with E-state index in [2.05, 4.69) is 27.9 Å². The van der Waals surface area contributed by atoms with Gasteiger partial charge in [0.1, 0.15) is 0 Å². The molecule has 23 heavy (non-hydrogen) atoms. The number of anilines is 2. The minimum absolute atomic E-state index is 0.0933. The Morgan fingerprint density at radius 2 is 2.04 bits per heavy atom. The molecule has 1 aliphatic carbocycles. The largest absolute Gasteiger partial charge is 0.359 e. The van der Waals surface area contributed by atoms with Gasteiger partial charge in [0.25, 0.3) is 0 Å². The SMILES string of the molecule is CCCCCC(=O)Nc1ccc(-c2csc(NC3CC3)n2)cc1. The Balaban J connectivity index is 1.55. The Hall–Kier alpha value is -1.88. The van der Waals surface area contributed by atoms with Crippen molar-refractivity contribution in [3.8, 4) is 11.3 Å². The molecule has 1 fully saturated rings. The van der Waals surface area contributed by atoms with E-state index >= 15 is 0 Å². The van der Waals surface area contributed by atoms with Crippen LogP contribution in [0.2, 0.25) is 0 Å². The number of aromatic nitrogens is 1. The molecule has 1 saturated carbocycles. The molecule has 1 heterocycles. The number of nitrogens with zero attached hydrogens (tertiary/aromatic N) is 1. The Labute approximate surface area is 141 Å². The van der Waals surface area contributed by atoms with E-state index in [1.54, 1.807) is 11.3 Å². The zero-order valence-corrected chi connectivity index (χ0v) is 14.3. The Morgan fingerprint density at radius 1 is 1.26 bits per heavy atom. The van der Waals surface area contributed by atoms with Crippen molar-refractivity contribution in [1.29, 1.82) is 0 Å². The number of nitrogens with one attached hydrogen (secondary N) is 2. The van der Waals surface area contributed by atoms with Gasteiger partial charge in [0, 0.05) is 29.1 Å². The number of hydrogen-bond donors (Lipinski definition) is 2. The van der Waals surface area contributed by atoms with Gasteiger partial charge < -0.3 is 10.6 Å². The van der Waals surface area contributed by atoms with E-state index in [-0.39, 0.29) is 5.91 Å². The van der Waals surface area contributed by atoms with Crippen molar-refractivity contribution in [2.75, 3.05) is 10.6 Å². The molecule has 0 spiro atoms. The number of unbranched alkanes of at least 4 members (excludes halogenated alkanes) is 2. The maximum Gasteiger partial charge on any atom is 0.224 e. The van der Waals surface area contributed by atoms with Crippen molar-refractivity contribution >= 4 is 28.1 Å². The Bertz CT molecular complexity index is 647. The monoisotopic (exact) mass is 329 g/mol. The van der Waals surface area contributed by atoms with Gasteiger partial charge in [0.05, 0.1) is 5.69 Å². The molecule has 0 radical (unpaired) electrons. The van der Waals surface area contributed by atoms with E-state index < -0.39 is 0 Å². The molecule has 5 heteroatoms. The van der Waals surface area contributed by atoms with Crippen LogP contribution in [0.15, 0.2) is 29.6 Å². The minimum atomic E-state index is 0.0933. The predicted octanol–water partition coefficient (Wildman–Crippen LogP) is 4.90. The molecule has 3 rings (SSSR count). The van der Waals surface area contributed by atoms with Gasteiger partial charge in [0.15, 0.2) is 5.13 Å². The molecule has 0 aliphatic heterocycles. The maximum atomic E-state index is 11.8. The first-order valence-electron chi connectivity index (χ1n) is 8.37. The summed E-state index contributed by atoms with van der Waals surface area (Å²) in [6.07, 6.45) is 6.29. The molecule has 0 saturated heterocycles. The number of thiazole rings is 1. The summed E-state index contributed by atoms with van der Waals surface area (Å²) in [5.74, 6) is 0.0933. The number of carbonyl (C=O) groups excluding carboxylic acids is 1. The average molecular weight is 329 g/mol. The Kier molecular flexibility index (Phi) is 5.28. The van der Waals surface area contributed by atoms with Crippen molar-refractivity contribution in [3.63, 3.8) is 0 Å². The van der Waals surface area contributed by atoms with Gasteiger partial charge in [0.2, 0.25) is 5.91 Å². The zero-order valence-electron chi connectivity index (χ0n) is 13.5. The van der Waals surface area contributed by atoms with Crippen LogP contribution in [0, 0.1) is 0 Å². The molecule has 2 aromatic rings. The third kappa shape index (κ3) is 4.79. The van der Waals surface area contributed by atoms with Crippen molar-refractivity contribution in [1.82, 2.24) is 4.98 Å². The average Bonchev–Trinajstić information content (AvgIpc) is 3.24. The first kappa shape index (κ1) is 16.0. The van der Waals surface area contributed by atoms with Crippen molar-refractivity contribution in [3.05, 3.63) is 29.6 Å². The highest BCUT2D eigenvalue weighted by Gasteiger charge is 2.22. The molecule has 1 amide bonds. The molecule has 1 aromatic carbocycles. The molecule has 0 bridgehead atoms. The lowest BCUT2D eigenvalue weighted by Crippen LogP contribution is -2.10. The summed E-state index contributed by atoms with van der Waals surface area (Å²) in [7, 11) is 0. The number of amides is 1. The fraction of sp³-hybridized carbons (Fsp3) is 0.444. The van der Waals surface area contributed by atoms with Crippen LogP contribution >= 0.6 is 11.3 Å². The number of benzene rings is 1. The van der Waals surface area contributed by atoms with Crippen molar-refractivity contribution in [2.24, 2.45) is 0 Å². The second-order valence-corrected chi connectivity index (χ2v) is 6.90. The highest BCUT2D eigenvalue weighted by atomic mass is 32.1. The van der Waals surface area contributed by atoms with E-state index in [0.717, 1.165) is 41.3 Å². The van der Waals surface area contributed by atoms with Crippen molar-refractivity contribution < 1.29 is 4.79 Å². The minimum Gasteiger partial charge on any atom is -0.359 e. The number of hydrogen-bond acceptors (Lipinski definition) is 4. The molecule has 0 atom stereocenters. The first-order chi connectivity index (χ1) is 11.2. The number of rotatable bonds is 8. The molecular formula is C18H23N3OS. The Morgan fingerprint density at radius 3 is 2.74 bits per heavy atom. The lowest BCUT2D eigenvalue weighted by atomic mass is 10.1. The topological polar surface area (TPSA) is 54.0 Å². The van der Waals surface area contributed by atoms with E-state index in [4.69, 9.17) is 0 Å². The van der Waals surface area contributed by atoms with Crippen LogP contribution in [0.1, 0.15) is 45.4 Å². The summed E-state index contributed by atoms with van der Waals surface area (Å²) in [6.45, 7) is 2.14. The van der Waals surface area contributed by atoms with Gasteiger partial charge in [-0.15, -0.1) is 11.3 Å². The third-order valence-corrected chi connectivity index (χ3v) is 4.65. The molecule has 4 nitrogen and oxygen atoms in total.